The first-order valence-corrected chi connectivity index (χ1v) is 6.00. The Labute approximate surface area is 106 Å². The summed E-state index contributed by atoms with van der Waals surface area (Å²) in [6, 6.07) is 4.71. The van der Waals surface area contributed by atoms with Crippen molar-refractivity contribution >= 4 is 11.7 Å². The molecule has 0 aromatic heterocycles. The second kappa shape index (κ2) is 5.27. The molecule has 1 atom stereocenters. The van der Waals surface area contributed by atoms with E-state index in [0.29, 0.717) is 24.0 Å². The van der Waals surface area contributed by atoms with Gasteiger partial charge in [-0.1, -0.05) is 0 Å². The topological polar surface area (TPSA) is 75.8 Å². The van der Waals surface area contributed by atoms with E-state index in [9.17, 15) is 4.79 Å². The maximum atomic E-state index is 11.1. The summed E-state index contributed by atoms with van der Waals surface area (Å²) in [5.41, 5.74) is 6.13. The van der Waals surface area contributed by atoms with E-state index in [2.05, 4.69) is 11.9 Å². The number of likely N-dealkylation sites (tertiary alicyclic amines) is 1. The second-order valence-corrected chi connectivity index (χ2v) is 4.79. The number of nitrogens with zero attached hydrogens (tertiary/aromatic N) is 1. The zero-order valence-corrected chi connectivity index (χ0v) is 10.4. The molecule has 1 fully saturated rings. The van der Waals surface area contributed by atoms with E-state index in [4.69, 9.17) is 15.6 Å². The number of carbonyl (C=O) groups is 1. The summed E-state index contributed by atoms with van der Waals surface area (Å²) in [6.45, 7) is 2.62. The highest BCUT2D eigenvalue weighted by Crippen LogP contribution is 2.23. The van der Waals surface area contributed by atoms with Crippen LogP contribution in [0.5, 0.6) is 5.75 Å². The average Bonchev–Trinajstić information content (AvgIpc) is 2.73. The Hall–Kier alpha value is -1.75. The highest BCUT2D eigenvalue weighted by atomic mass is 16.5. The molecule has 0 aliphatic carbocycles. The molecule has 2 rings (SSSR count). The molecule has 1 aromatic carbocycles. The molecule has 0 amide bonds. The third kappa shape index (κ3) is 2.92. The lowest BCUT2D eigenvalue weighted by atomic mass is 10.1. The van der Waals surface area contributed by atoms with Gasteiger partial charge in [0.1, 0.15) is 11.3 Å². The molecule has 0 bridgehead atoms. The molecule has 1 aliphatic rings. The minimum atomic E-state index is -1.01. The summed E-state index contributed by atoms with van der Waals surface area (Å²) in [6.07, 6.45) is 1.09. The van der Waals surface area contributed by atoms with Gasteiger partial charge in [-0.05, 0) is 38.2 Å². The van der Waals surface area contributed by atoms with Gasteiger partial charge in [-0.25, -0.2) is 4.79 Å². The van der Waals surface area contributed by atoms with Crippen molar-refractivity contribution in [3.05, 3.63) is 23.8 Å². The van der Waals surface area contributed by atoms with E-state index in [0.717, 1.165) is 19.5 Å². The molecule has 1 unspecified atom stereocenters. The monoisotopic (exact) mass is 250 g/mol. The first kappa shape index (κ1) is 12.7. The van der Waals surface area contributed by atoms with Crippen molar-refractivity contribution in [2.24, 2.45) is 5.92 Å². The zero-order chi connectivity index (χ0) is 13.1. The van der Waals surface area contributed by atoms with Gasteiger partial charge < -0.3 is 20.5 Å². The summed E-state index contributed by atoms with van der Waals surface area (Å²) in [7, 11) is 2.08. The van der Waals surface area contributed by atoms with Crippen LogP contribution in [0, 0.1) is 5.92 Å². The van der Waals surface area contributed by atoms with Crippen LogP contribution in [-0.2, 0) is 0 Å². The van der Waals surface area contributed by atoms with E-state index in [1.807, 2.05) is 0 Å². The van der Waals surface area contributed by atoms with E-state index in [-0.39, 0.29) is 5.56 Å². The van der Waals surface area contributed by atoms with Crippen molar-refractivity contribution in [2.45, 2.75) is 6.42 Å². The number of nitrogens with two attached hydrogens (primary N) is 1. The van der Waals surface area contributed by atoms with Crippen molar-refractivity contribution in [3.63, 3.8) is 0 Å². The van der Waals surface area contributed by atoms with Crippen LogP contribution in [0.3, 0.4) is 0 Å². The van der Waals surface area contributed by atoms with Gasteiger partial charge in [-0.2, -0.15) is 0 Å². The Morgan fingerprint density at radius 2 is 2.39 bits per heavy atom. The van der Waals surface area contributed by atoms with Crippen LogP contribution >= 0.6 is 0 Å². The van der Waals surface area contributed by atoms with E-state index < -0.39 is 5.97 Å². The predicted molar refractivity (Wildman–Crippen MR) is 68.9 cm³/mol. The smallest absolute Gasteiger partial charge is 0.339 e. The Balaban J connectivity index is 2.02. The number of hydrogen-bond donors (Lipinski definition) is 2. The number of benzene rings is 1. The minimum absolute atomic E-state index is 0.126. The van der Waals surface area contributed by atoms with Crippen LogP contribution in [0.25, 0.3) is 0 Å². The summed E-state index contributed by atoms with van der Waals surface area (Å²) < 4.78 is 5.62. The lowest BCUT2D eigenvalue weighted by Crippen LogP contribution is -2.18. The Bertz CT molecular complexity index is 448. The first-order valence-electron chi connectivity index (χ1n) is 6.00. The molecule has 1 saturated heterocycles. The standard InChI is InChI=1S/C13H18N2O3/c1-15-5-4-9(7-15)8-18-12-3-2-10(14)6-11(12)13(16)17/h2-3,6,9H,4-5,7-8,14H2,1H3,(H,16,17). The number of rotatable bonds is 4. The molecule has 1 aliphatic heterocycles. The number of carboxylic acid groups (broad SMARTS) is 1. The number of ether oxygens (including phenoxy) is 1. The molecule has 5 nitrogen and oxygen atoms in total. The third-order valence-corrected chi connectivity index (χ3v) is 3.20. The normalized spacial score (nSPS) is 19.9. The van der Waals surface area contributed by atoms with Crippen LogP contribution in [-0.4, -0.2) is 42.7 Å². The first-order chi connectivity index (χ1) is 8.56. The molecule has 98 valence electrons. The van der Waals surface area contributed by atoms with Crippen LogP contribution < -0.4 is 10.5 Å². The minimum Gasteiger partial charge on any atom is -0.492 e. The molecular formula is C13H18N2O3. The van der Waals surface area contributed by atoms with Crippen molar-refractivity contribution in [1.29, 1.82) is 0 Å². The molecule has 1 heterocycles. The van der Waals surface area contributed by atoms with Crippen molar-refractivity contribution in [1.82, 2.24) is 4.90 Å². The van der Waals surface area contributed by atoms with Gasteiger partial charge in [0.15, 0.2) is 0 Å². The number of hydrogen-bond acceptors (Lipinski definition) is 4. The van der Waals surface area contributed by atoms with Gasteiger partial charge >= 0.3 is 5.97 Å². The van der Waals surface area contributed by atoms with Crippen LogP contribution in [0.2, 0.25) is 0 Å². The highest BCUT2D eigenvalue weighted by molar-refractivity contribution is 5.92. The van der Waals surface area contributed by atoms with Crippen molar-refractivity contribution in [2.75, 3.05) is 32.5 Å². The number of anilines is 1. The summed E-state index contributed by atoms with van der Waals surface area (Å²) in [5, 5.41) is 9.08. The maximum absolute atomic E-state index is 11.1. The van der Waals surface area contributed by atoms with Crippen LogP contribution in [0.4, 0.5) is 5.69 Å². The zero-order valence-electron chi connectivity index (χ0n) is 10.4. The predicted octanol–water partition coefficient (Wildman–Crippen LogP) is 1.30. The summed E-state index contributed by atoms with van der Waals surface area (Å²) >= 11 is 0. The van der Waals surface area contributed by atoms with E-state index in [1.165, 1.54) is 6.07 Å². The molecule has 0 radical (unpaired) electrons. The van der Waals surface area contributed by atoms with Gasteiger partial charge in [-0.3, -0.25) is 0 Å². The molecule has 0 saturated carbocycles. The van der Waals surface area contributed by atoms with E-state index >= 15 is 0 Å². The van der Waals surface area contributed by atoms with Gasteiger partial charge in [0.25, 0.3) is 0 Å². The van der Waals surface area contributed by atoms with Crippen molar-refractivity contribution in [3.8, 4) is 5.75 Å². The van der Waals surface area contributed by atoms with E-state index in [1.54, 1.807) is 12.1 Å². The fourth-order valence-electron chi connectivity index (χ4n) is 2.21. The van der Waals surface area contributed by atoms with Gasteiger partial charge in [-0.15, -0.1) is 0 Å². The quantitative estimate of drug-likeness (QED) is 0.788. The summed E-state index contributed by atoms with van der Waals surface area (Å²) in [5.74, 6) is -0.152. The molecular weight excluding hydrogens is 232 g/mol. The SMILES string of the molecule is CN1CCC(COc2ccc(N)cc2C(=O)O)C1. The average molecular weight is 250 g/mol. The third-order valence-electron chi connectivity index (χ3n) is 3.20. The number of aromatic carboxylic acids is 1. The number of carboxylic acids is 1. The Morgan fingerprint density at radius 1 is 1.61 bits per heavy atom. The molecule has 3 N–H and O–H groups in total. The van der Waals surface area contributed by atoms with Crippen molar-refractivity contribution < 1.29 is 14.6 Å². The lowest BCUT2D eigenvalue weighted by molar-refractivity contribution is 0.0691. The molecule has 5 heteroatoms. The van der Waals surface area contributed by atoms with Gasteiger partial charge in [0, 0.05) is 18.2 Å². The maximum Gasteiger partial charge on any atom is 0.339 e. The van der Waals surface area contributed by atoms with Gasteiger partial charge in [0.05, 0.1) is 6.61 Å². The largest absolute Gasteiger partial charge is 0.492 e. The number of nitrogen functional groups attached to an aromatic ring is 1. The van der Waals surface area contributed by atoms with Gasteiger partial charge in [0.2, 0.25) is 0 Å². The highest BCUT2D eigenvalue weighted by Gasteiger charge is 2.21. The molecule has 0 spiro atoms. The lowest BCUT2D eigenvalue weighted by Gasteiger charge is -2.14. The molecule has 1 aromatic rings. The Morgan fingerprint density at radius 3 is 3.00 bits per heavy atom. The second-order valence-electron chi connectivity index (χ2n) is 4.79. The molecule has 18 heavy (non-hydrogen) atoms. The van der Waals surface area contributed by atoms with Crippen LogP contribution in [0.15, 0.2) is 18.2 Å². The Kier molecular flexibility index (Phi) is 3.72. The fourth-order valence-corrected chi connectivity index (χ4v) is 2.21. The fraction of sp³-hybridized carbons (Fsp3) is 0.462. The summed E-state index contributed by atoms with van der Waals surface area (Å²) in [4.78, 5) is 13.3. The van der Waals surface area contributed by atoms with Crippen LogP contribution in [0.1, 0.15) is 16.8 Å².